The Balaban J connectivity index is 1.60. The molecule has 4 aliphatic rings. The van der Waals surface area contributed by atoms with Crippen LogP contribution in [0.2, 0.25) is 5.02 Å². The molecule has 4 heteroatoms. The van der Waals surface area contributed by atoms with Crippen molar-refractivity contribution < 1.29 is 9.59 Å². The zero-order valence-electron chi connectivity index (χ0n) is 14.4. The van der Waals surface area contributed by atoms with Gasteiger partial charge in [0.15, 0.2) is 0 Å². The summed E-state index contributed by atoms with van der Waals surface area (Å²) in [7, 11) is 0. The fraction of sp³-hybridized carbons (Fsp3) is 0.524. The van der Waals surface area contributed by atoms with Crippen molar-refractivity contribution in [1.82, 2.24) is 0 Å². The smallest absolute Gasteiger partial charge is 0.238 e. The van der Waals surface area contributed by atoms with Gasteiger partial charge in [0.25, 0.3) is 0 Å². The maximum atomic E-state index is 13.3. The van der Waals surface area contributed by atoms with Gasteiger partial charge in [0, 0.05) is 5.02 Å². The number of halogens is 1. The van der Waals surface area contributed by atoms with Crippen LogP contribution in [0, 0.1) is 30.6 Å². The van der Waals surface area contributed by atoms with Crippen molar-refractivity contribution in [3.05, 3.63) is 39.9 Å². The predicted molar refractivity (Wildman–Crippen MR) is 97.4 cm³/mol. The highest BCUT2D eigenvalue weighted by molar-refractivity contribution is 6.32. The van der Waals surface area contributed by atoms with Crippen LogP contribution in [0.3, 0.4) is 0 Å². The summed E-state index contributed by atoms with van der Waals surface area (Å²) in [4.78, 5) is 28.1. The fourth-order valence-electron chi connectivity index (χ4n) is 5.87. The first-order chi connectivity index (χ1) is 12.1. The number of imide groups is 1. The highest BCUT2D eigenvalue weighted by Crippen LogP contribution is 2.57. The summed E-state index contributed by atoms with van der Waals surface area (Å²) >= 11 is 6.26. The van der Waals surface area contributed by atoms with E-state index in [9.17, 15) is 9.59 Å². The number of carbonyl (C=O) groups is 2. The molecule has 3 aliphatic carbocycles. The molecule has 1 heterocycles. The van der Waals surface area contributed by atoms with Crippen LogP contribution in [-0.2, 0) is 9.59 Å². The predicted octanol–water partition coefficient (Wildman–Crippen LogP) is 4.66. The van der Waals surface area contributed by atoms with Crippen molar-refractivity contribution in [2.24, 2.45) is 23.7 Å². The lowest BCUT2D eigenvalue weighted by atomic mass is 9.66. The minimum absolute atomic E-state index is 0.00488. The van der Waals surface area contributed by atoms with E-state index in [0.29, 0.717) is 22.5 Å². The van der Waals surface area contributed by atoms with E-state index in [1.54, 1.807) is 6.07 Å². The van der Waals surface area contributed by atoms with Gasteiger partial charge in [0.2, 0.25) is 11.8 Å². The molecule has 1 saturated heterocycles. The SMILES string of the molecule is Cc1ccc(N2C(=O)[C@@H]3[C@H](C2=O)[C@@H]2CCCC2=C2CCC[C@H]23)cc1Cl. The molecular weight excluding hydrogens is 334 g/mol. The molecule has 3 fully saturated rings. The van der Waals surface area contributed by atoms with Crippen LogP contribution in [0.5, 0.6) is 0 Å². The van der Waals surface area contributed by atoms with E-state index in [-0.39, 0.29) is 23.7 Å². The topological polar surface area (TPSA) is 37.4 Å². The number of benzene rings is 1. The number of anilines is 1. The summed E-state index contributed by atoms with van der Waals surface area (Å²) in [5, 5.41) is 0.606. The second-order valence-corrected chi connectivity index (χ2v) is 8.45. The van der Waals surface area contributed by atoms with Gasteiger partial charge in [-0.15, -0.1) is 0 Å². The van der Waals surface area contributed by atoms with Crippen LogP contribution < -0.4 is 4.90 Å². The van der Waals surface area contributed by atoms with Gasteiger partial charge in [0.05, 0.1) is 17.5 Å². The third kappa shape index (κ3) is 2.05. The normalized spacial score (nSPS) is 33.8. The highest BCUT2D eigenvalue weighted by Gasteiger charge is 2.59. The van der Waals surface area contributed by atoms with E-state index in [1.165, 1.54) is 16.0 Å². The Morgan fingerprint density at radius 2 is 1.52 bits per heavy atom. The maximum Gasteiger partial charge on any atom is 0.238 e. The average Bonchev–Trinajstić information content (AvgIpc) is 3.28. The molecule has 0 spiro atoms. The lowest BCUT2D eigenvalue weighted by Gasteiger charge is -2.34. The monoisotopic (exact) mass is 355 g/mol. The third-order valence-corrected chi connectivity index (χ3v) is 7.32. The zero-order chi connectivity index (χ0) is 17.3. The van der Waals surface area contributed by atoms with Crippen molar-refractivity contribution in [3.8, 4) is 0 Å². The molecule has 0 unspecified atom stereocenters. The number of rotatable bonds is 1. The van der Waals surface area contributed by atoms with Crippen LogP contribution >= 0.6 is 11.6 Å². The Morgan fingerprint density at radius 1 is 0.960 bits per heavy atom. The van der Waals surface area contributed by atoms with Gasteiger partial charge < -0.3 is 0 Å². The minimum atomic E-state index is -0.142. The molecule has 1 aromatic carbocycles. The molecule has 3 nitrogen and oxygen atoms in total. The zero-order valence-corrected chi connectivity index (χ0v) is 15.2. The number of hydrogen-bond donors (Lipinski definition) is 0. The van der Waals surface area contributed by atoms with Gasteiger partial charge in [-0.25, -0.2) is 4.90 Å². The van der Waals surface area contributed by atoms with E-state index in [4.69, 9.17) is 11.6 Å². The van der Waals surface area contributed by atoms with Gasteiger partial charge in [-0.1, -0.05) is 28.8 Å². The van der Waals surface area contributed by atoms with E-state index >= 15 is 0 Å². The highest BCUT2D eigenvalue weighted by atomic mass is 35.5. The van der Waals surface area contributed by atoms with Gasteiger partial charge in [-0.3, -0.25) is 9.59 Å². The van der Waals surface area contributed by atoms with Gasteiger partial charge in [-0.05, 0) is 75.0 Å². The van der Waals surface area contributed by atoms with E-state index in [0.717, 1.165) is 44.1 Å². The van der Waals surface area contributed by atoms with Crippen LogP contribution in [0.1, 0.15) is 44.1 Å². The van der Waals surface area contributed by atoms with Crippen LogP contribution in [0.25, 0.3) is 0 Å². The lowest BCUT2D eigenvalue weighted by Crippen LogP contribution is -2.35. The number of nitrogens with zero attached hydrogens (tertiary/aromatic N) is 1. The maximum absolute atomic E-state index is 13.3. The summed E-state index contributed by atoms with van der Waals surface area (Å²) in [5.41, 5.74) is 4.67. The van der Waals surface area contributed by atoms with Crippen LogP contribution in [0.15, 0.2) is 29.3 Å². The van der Waals surface area contributed by atoms with Crippen molar-refractivity contribution in [2.75, 3.05) is 4.90 Å². The molecule has 1 aromatic rings. The Labute approximate surface area is 153 Å². The molecular formula is C21H22ClNO2. The first-order valence-electron chi connectivity index (χ1n) is 9.43. The molecule has 0 radical (unpaired) electrons. The summed E-state index contributed by atoms with van der Waals surface area (Å²) in [5.74, 6) is 0.331. The van der Waals surface area contributed by atoms with Crippen LogP contribution in [-0.4, -0.2) is 11.8 Å². The van der Waals surface area contributed by atoms with Gasteiger partial charge in [-0.2, -0.15) is 0 Å². The second kappa shape index (κ2) is 5.44. The van der Waals surface area contributed by atoms with Crippen molar-refractivity contribution in [3.63, 3.8) is 0 Å². The molecule has 0 aromatic heterocycles. The van der Waals surface area contributed by atoms with Crippen molar-refractivity contribution in [2.45, 2.75) is 45.4 Å². The van der Waals surface area contributed by atoms with Crippen molar-refractivity contribution >= 4 is 29.1 Å². The Hall–Kier alpha value is -1.61. The fourth-order valence-corrected chi connectivity index (χ4v) is 6.04. The third-order valence-electron chi connectivity index (χ3n) is 6.91. The standard InChI is InChI=1S/C21H22ClNO2/c1-11-8-9-12(10-17(11)22)23-20(24)18-15-6-2-4-13(15)14-5-3-7-16(14)19(18)21(23)25/h8-10,15-16,18-19H,2-7H2,1H3/t15-,16-,18-,19+/m1/s1. The molecule has 2 amide bonds. The lowest BCUT2D eigenvalue weighted by molar-refractivity contribution is -0.122. The van der Waals surface area contributed by atoms with E-state index in [2.05, 4.69) is 0 Å². The number of amides is 2. The molecule has 1 aliphatic heterocycles. The number of hydrogen-bond acceptors (Lipinski definition) is 2. The first kappa shape index (κ1) is 15.6. The van der Waals surface area contributed by atoms with E-state index in [1.807, 2.05) is 19.1 Å². The first-order valence-corrected chi connectivity index (χ1v) is 9.81. The second-order valence-electron chi connectivity index (χ2n) is 8.04. The summed E-state index contributed by atoms with van der Waals surface area (Å²) in [6, 6.07) is 5.51. The minimum Gasteiger partial charge on any atom is -0.274 e. The summed E-state index contributed by atoms with van der Waals surface area (Å²) in [6.45, 7) is 1.93. The van der Waals surface area contributed by atoms with Crippen LogP contribution in [0.4, 0.5) is 5.69 Å². The number of allylic oxidation sites excluding steroid dienone is 2. The number of fused-ring (bicyclic) bond motifs is 5. The molecule has 25 heavy (non-hydrogen) atoms. The van der Waals surface area contributed by atoms with Gasteiger partial charge in [0.1, 0.15) is 0 Å². The Kier molecular flexibility index (Phi) is 3.40. The Bertz CT molecular complexity index is 785. The summed E-state index contributed by atoms with van der Waals surface area (Å²) in [6.07, 6.45) is 6.73. The Morgan fingerprint density at radius 3 is 2.04 bits per heavy atom. The van der Waals surface area contributed by atoms with Crippen molar-refractivity contribution in [1.29, 1.82) is 0 Å². The van der Waals surface area contributed by atoms with Gasteiger partial charge >= 0.3 is 0 Å². The average molecular weight is 356 g/mol. The molecule has 0 N–H and O–H groups in total. The number of aryl methyl sites for hydroxylation is 1. The largest absolute Gasteiger partial charge is 0.274 e. The molecule has 5 rings (SSSR count). The summed E-state index contributed by atoms with van der Waals surface area (Å²) < 4.78 is 0. The quantitative estimate of drug-likeness (QED) is 0.542. The molecule has 130 valence electrons. The molecule has 4 atom stereocenters. The molecule has 0 bridgehead atoms. The molecule has 2 saturated carbocycles. The van der Waals surface area contributed by atoms with E-state index < -0.39 is 0 Å². The number of carbonyl (C=O) groups excluding carboxylic acids is 2.